The first-order valence-electron chi connectivity index (χ1n) is 6.82. The average Bonchev–Trinajstić information content (AvgIpc) is 2.32. The van der Waals surface area contributed by atoms with Crippen molar-refractivity contribution in [3.63, 3.8) is 0 Å². The largest absolute Gasteiger partial charge is 0.0590 e. The second-order valence-electron chi connectivity index (χ2n) is 5.47. The summed E-state index contributed by atoms with van der Waals surface area (Å²) in [5.41, 5.74) is 4.45. The van der Waals surface area contributed by atoms with Crippen molar-refractivity contribution in [1.29, 1.82) is 0 Å². The van der Waals surface area contributed by atoms with E-state index < -0.39 is 0 Å². The summed E-state index contributed by atoms with van der Waals surface area (Å²) in [7, 11) is 0. The minimum Gasteiger partial charge on any atom is -0.0590 e. The van der Waals surface area contributed by atoms with Crippen LogP contribution in [0.25, 0.3) is 0 Å². The van der Waals surface area contributed by atoms with Gasteiger partial charge < -0.3 is 0 Å². The molecule has 2 rings (SSSR count). The van der Waals surface area contributed by atoms with E-state index in [9.17, 15) is 0 Å². The van der Waals surface area contributed by atoms with Gasteiger partial charge in [0, 0.05) is 0 Å². The fraction of sp³-hybridized carbons (Fsp3) is 0.625. The van der Waals surface area contributed by atoms with E-state index in [-0.39, 0.29) is 0 Å². The van der Waals surface area contributed by atoms with E-state index in [0.29, 0.717) is 0 Å². The van der Waals surface area contributed by atoms with Crippen LogP contribution in [0.3, 0.4) is 0 Å². The Balaban J connectivity index is 1.90. The molecule has 0 atom stereocenters. The van der Waals surface area contributed by atoms with Gasteiger partial charge in [0.25, 0.3) is 0 Å². The van der Waals surface area contributed by atoms with Crippen LogP contribution in [0.1, 0.15) is 55.2 Å². The van der Waals surface area contributed by atoms with Crippen molar-refractivity contribution in [3.8, 4) is 0 Å². The molecule has 0 amide bonds. The molecule has 0 saturated heterocycles. The summed E-state index contributed by atoms with van der Waals surface area (Å²) < 4.78 is 0. The zero-order valence-corrected chi connectivity index (χ0v) is 10.8. The molecule has 16 heavy (non-hydrogen) atoms. The second kappa shape index (κ2) is 5.52. The predicted octanol–water partition coefficient (Wildman–Crippen LogP) is 4.82. The maximum atomic E-state index is 2.37. The summed E-state index contributed by atoms with van der Waals surface area (Å²) in [4.78, 5) is 0. The van der Waals surface area contributed by atoms with Gasteiger partial charge in [0.2, 0.25) is 0 Å². The van der Waals surface area contributed by atoms with E-state index in [1.54, 1.807) is 5.56 Å². The van der Waals surface area contributed by atoms with E-state index in [1.807, 2.05) is 0 Å². The van der Waals surface area contributed by atoms with Crippen molar-refractivity contribution >= 4 is 0 Å². The highest BCUT2D eigenvalue weighted by molar-refractivity contribution is 5.30. The van der Waals surface area contributed by atoms with Crippen LogP contribution in [0.5, 0.6) is 0 Å². The maximum Gasteiger partial charge on any atom is -0.0274 e. The van der Waals surface area contributed by atoms with Gasteiger partial charge in [0.05, 0.1) is 0 Å². The molecule has 1 fully saturated rings. The van der Waals surface area contributed by atoms with Gasteiger partial charge in [-0.25, -0.2) is 0 Å². The molecule has 0 unspecified atom stereocenters. The molecule has 1 aliphatic rings. The molecule has 0 bridgehead atoms. The third kappa shape index (κ3) is 3.10. The molecular weight excluding hydrogens is 192 g/mol. The third-order valence-corrected chi connectivity index (χ3v) is 4.05. The summed E-state index contributed by atoms with van der Waals surface area (Å²) in [6.45, 7) is 4.44. The molecule has 0 N–H and O–H groups in total. The van der Waals surface area contributed by atoms with Gasteiger partial charge in [0.1, 0.15) is 0 Å². The third-order valence-electron chi connectivity index (χ3n) is 4.05. The molecule has 1 saturated carbocycles. The lowest BCUT2D eigenvalue weighted by Gasteiger charge is -2.21. The lowest BCUT2D eigenvalue weighted by molar-refractivity contribution is 0.339. The zero-order chi connectivity index (χ0) is 11.4. The highest BCUT2D eigenvalue weighted by Gasteiger charge is 2.13. The van der Waals surface area contributed by atoms with Crippen molar-refractivity contribution in [3.05, 3.63) is 34.9 Å². The summed E-state index contributed by atoms with van der Waals surface area (Å²) in [6.07, 6.45) is 10.1. The van der Waals surface area contributed by atoms with Gasteiger partial charge in [-0.15, -0.1) is 0 Å². The van der Waals surface area contributed by atoms with Crippen LogP contribution < -0.4 is 0 Å². The van der Waals surface area contributed by atoms with Crippen LogP contribution in [0.15, 0.2) is 18.2 Å². The van der Waals surface area contributed by atoms with Gasteiger partial charge in [-0.1, -0.05) is 55.9 Å². The number of rotatable bonds is 3. The summed E-state index contributed by atoms with van der Waals surface area (Å²) >= 11 is 0. The lowest BCUT2D eigenvalue weighted by atomic mass is 9.84. The van der Waals surface area contributed by atoms with Crippen molar-refractivity contribution in [2.45, 2.75) is 58.8 Å². The summed E-state index contributed by atoms with van der Waals surface area (Å²) in [5, 5.41) is 0. The Morgan fingerprint density at radius 1 is 1.06 bits per heavy atom. The van der Waals surface area contributed by atoms with E-state index in [0.717, 1.165) is 5.92 Å². The fourth-order valence-corrected chi connectivity index (χ4v) is 2.91. The Morgan fingerprint density at radius 3 is 2.56 bits per heavy atom. The Hall–Kier alpha value is -0.780. The molecule has 0 radical (unpaired) electrons. The number of hydrogen-bond acceptors (Lipinski definition) is 0. The number of hydrogen-bond donors (Lipinski definition) is 0. The van der Waals surface area contributed by atoms with E-state index >= 15 is 0 Å². The Bertz CT molecular complexity index is 332. The zero-order valence-electron chi connectivity index (χ0n) is 10.8. The van der Waals surface area contributed by atoms with Crippen molar-refractivity contribution in [2.24, 2.45) is 5.92 Å². The minimum absolute atomic E-state index is 1.01. The SMILES string of the molecule is Cc1ccc(C)c(CCC2CCCCC2)c1. The van der Waals surface area contributed by atoms with Gasteiger partial charge in [0.15, 0.2) is 0 Å². The van der Waals surface area contributed by atoms with Crippen LogP contribution in [0, 0.1) is 19.8 Å². The molecular formula is C16H24. The van der Waals surface area contributed by atoms with Crippen LogP contribution in [0.4, 0.5) is 0 Å². The van der Waals surface area contributed by atoms with Crippen molar-refractivity contribution < 1.29 is 0 Å². The standard InChI is InChI=1S/C16H24/c1-13-8-9-14(2)16(12-13)11-10-15-6-4-3-5-7-15/h8-9,12,15H,3-7,10-11H2,1-2H3. The molecule has 0 heterocycles. The highest BCUT2D eigenvalue weighted by atomic mass is 14.2. The van der Waals surface area contributed by atoms with Gasteiger partial charge in [-0.3, -0.25) is 0 Å². The fourth-order valence-electron chi connectivity index (χ4n) is 2.91. The Morgan fingerprint density at radius 2 is 1.81 bits per heavy atom. The summed E-state index contributed by atoms with van der Waals surface area (Å²) in [6, 6.07) is 6.86. The van der Waals surface area contributed by atoms with E-state index in [4.69, 9.17) is 0 Å². The van der Waals surface area contributed by atoms with Gasteiger partial charge in [-0.2, -0.15) is 0 Å². The molecule has 1 aromatic rings. The average molecular weight is 216 g/mol. The first-order chi connectivity index (χ1) is 7.75. The predicted molar refractivity (Wildman–Crippen MR) is 70.8 cm³/mol. The van der Waals surface area contributed by atoms with Crippen molar-refractivity contribution in [1.82, 2.24) is 0 Å². The first kappa shape index (κ1) is 11.7. The molecule has 0 aliphatic heterocycles. The smallest absolute Gasteiger partial charge is 0.0274 e. The molecule has 0 aromatic heterocycles. The molecule has 88 valence electrons. The second-order valence-corrected chi connectivity index (χ2v) is 5.47. The lowest BCUT2D eigenvalue weighted by Crippen LogP contribution is -2.07. The van der Waals surface area contributed by atoms with Crippen molar-refractivity contribution in [2.75, 3.05) is 0 Å². The van der Waals surface area contributed by atoms with E-state index in [2.05, 4.69) is 32.0 Å². The van der Waals surface area contributed by atoms with Crippen LogP contribution in [-0.4, -0.2) is 0 Å². The number of benzene rings is 1. The topological polar surface area (TPSA) is 0 Å². The molecule has 0 nitrogen and oxygen atoms in total. The monoisotopic (exact) mass is 216 g/mol. The van der Waals surface area contributed by atoms with Gasteiger partial charge in [-0.05, 0) is 43.7 Å². The molecule has 1 aromatic carbocycles. The van der Waals surface area contributed by atoms with Crippen LogP contribution in [-0.2, 0) is 6.42 Å². The highest BCUT2D eigenvalue weighted by Crippen LogP contribution is 2.28. The minimum atomic E-state index is 1.01. The Labute approximate surface area is 100 Å². The van der Waals surface area contributed by atoms with Crippen LogP contribution >= 0.6 is 0 Å². The van der Waals surface area contributed by atoms with Crippen LogP contribution in [0.2, 0.25) is 0 Å². The van der Waals surface area contributed by atoms with Gasteiger partial charge >= 0.3 is 0 Å². The quantitative estimate of drug-likeness (QED) is 0.679. The first-order valence-corrected chi connectivity index (χ1v) is 6.82. The molecule has 0 spiro atoms. The summed E-state index contributed by atoms with van der Waals surface area (Å²) in [5.74, 6) is 1.01. The maximum absolute atomic E-state index is 2.37. The Kier molecular flexibility index (Phi) is 4.04. The number of aryl methyl sites for hydroxylation is 3. The molecule has 1 aliphatic carbocycles. The normalized spacial score (nSPS) is 17.6. The molecule has 0 heteroatoms. The van der Waals surface area contributed by atoms with E-state index in [1.165, 1.54) is 56.1 Å².